The number of likely N-dealkylation sites (tertiary alicyclic amines) is 1. The first-order valence-corrected chi connectivity index (χ1v) is 9.18. The first kappa shape index (κ1) is 17.6. The molecule has 1 aromatic carbocycles. The zero-order valence-corrected chi connectivity index (χ0v) is 14.9. The van der Waals surface area contributed by atoms with Crippen LogP contribution in [0.1, 0.15) is 43.2 Å². The summed E-state index contributed by atoms with van der Waals surface area (Å²) in [6.07, 6.45) is 6.32. The maximum atomic E-state index is 12.3. The van der Waals surface area contributed by atoms with E-state index in [-0.39, 0.29) is 0 Å². The van der Waals surface area contributed by atoms with Crippen molar-refractivity contribution in [2.75, 3.05) is 13.1 Å². The van der Waals surface area contributed by atoms with E-state index >= 15 is 0 Å². The molecule has 0 radical (unpaired) electrons. The molecule has 0 spiro atoms. The number of carbonyl (C=O) groups excluding carboxylic acids is 1. The zero-order chi connectivity index (χ0) is 17.5. The standard InChI is InChI=1S/C21H27N3O/c1-17(19-5-3-2-4-6-19)16-24-20(7-8-21(24)25)11-14-23-15-18-9-12-22-13-10-18/h2-6,9-10,12-13,17,20,23H,7-8,11,14-16H2,1H3/t17-,20-/m0/s1. The van der Waals surface area contributed by atoms with Crippen molar-refractivity contribution in [2.24, 2.45) is 0 Å². The maximum Gasteiger partial charge on any atom is 0.222 e. The molecule has 0 bridgehead atoms. The highest BCUT2D eigenvalue weighted by Gasteiger charge is 2.31. The number of pyridine rings is 1. The van der Waals surface area contributed by atoms with Gasteiger partial charge in [-0.05, 0) is 48.6 Å². The van der Waals surface area contributed by atoms with Gasteiger partial charge in [0.2, 0.25) is 5.91 Å². The summed E-state index contributed by atoms with van der Waals surface area (Å²) in [4.78, 5) is 18.4. The van der Waals surface area contributed by atoms with Gasteiger partial charge in [0, 0.05) is 37.9 Å². The highest BCUT2D eigenvalue weighted by atomic mass is 16.2. The number of carbonyl (C=O) groups is 1. The number of nitrogens with zero attached hydrogens (tertiary/aromatic N) is 2. The first-order chi connectivity index (χ1) is 12.2. The van der Waals surface area contributed by atoms with Crippen LogP contribution in [0.3, 0.4) is 0 Å². The van der Waals surface area contributed by atoms with Crippen LogP contribution in [0.15, 0.2) is 54.9 Å². The molecule has 25 heavy (non-hydrogen) atoms. The van der Waals surface area contributed by atoms with Crippen molar-refractivity contribution >= 4 is 5.91 Å². The van der Waals surface area contributed by atoms with E-state index in [0.717, 1.165) is 32.5 Å². The van der Waals surface area contributed by atoms with E-state index in [0.29, 0.717) is 24.3 Å². The summed E-state index contributed by atoms with van der Waals surface area (Å²) in [6.45, 7) is 4.80. The van der Waals surface area contributed by atoms with Crippen LogP contribution in [0.2, 0.25) is 0 Å². The summed E-state index contributed by atoms with van der Waals surface area (Å²) >= 11 is 0. The van der Waals surface area contributed by atoms with E-state index in [2.05, 4.69) is 46.4 Å². The van der Waals surface area contributed by atoms with Gasteiger partial charge in [0.15, 0.2) is 0 Å². The van der Waals surface area contributed by atoms with Crippen molar-refractivity contribution in [3.05, 3.63) is 66.0 Å². The van der Waals surface area contributed by atoms with Crippen molar-refractivity contribution in [2.45, 2.75) is 44.7 Å². The number of hydrogen-bond donors (Lipinski definition) is 1. The third-order valence-corrected chi connectivity index (χ3v) is 5.02. The third-order valence-electron chi connectivity index (χ3n) is 5.02. The van der Waals surface area contributed by atoms with E-state index in [9.17, 15) is 4.79 Å². The Morgan fingerprint density at radius 1 is 1.20 bits per heavy atom. The Bertz CT molecular complexity index is 659. The molecule has 1 fully saturated rings. The molecule has 2 heterocycles. The summed E-state index contributed by atoms with van der Waals surface area (Å²) in [6, 6.07) is 14.9. The highest BCUT2D eigenvalue weighted by molar-refractivity contribution is 5.78. The maximum absolute atomic E-state index is 12.3. The molecular formula is C21H27N3O. The molecule has 0 aliphatic carbocycles. The fraction of sp³-hybridized carbons (Fsp3) is 0.429. The van der Waals surface area contributed by atoms with Crippen LogP contribution < -0.4 is 5.32 Å². The van der Waals surface area contributed by atoms with E-state index in [1.165, 1.54) is 11.1 Å². The summed E-state index contributed by atoms with van der Waals surface area (Å²) in [5.41, 5.74) is 2.55. The predicted octanol–water partition coefficient (Wildman–Crippen LogP) is 3.36. The summed E-state index contributed by atoms with van der Waals surface area (Å²) < 4.78 is 0. The minimum atomic E-state index is 0.307. The lowest BCUT2D eigenvalue weighted by Gasteiger charge is -2.28. The average Bonchev–Trinajstić information content (AvgIpc) is 3.00. The van der Waals surface area contributed by atoms with Crippen LogP contribution >= 0.6 is 0 Å². The second-order valence-electron chi connectivity index (χ2n) is 6.87. The molecule has 4 nitrogen and oxygen atoms in total. The Kier molecular flexibility index (Phi) is 6.18. The van der Waals surface area contributed by atoms with E-state index in [1.807, 2.05) is 30.6 Å². The largest absolute Gasteiger partial charge is 0.339 e. The fourth-order valence-electron chi connectivity index (χ4n) is 3.53. The summed E-state index contributed by atoms with van der Waals surface area (Å²) in [5.74, 6) is 0.678. The van der Waals surface area contributed by atoms with Crippen molar-refractivity contribution in [3.8, 4) is 0 Å². The minimum Gasteiger partial charge on any atom is -0.339 e. The summed E-state index contributed by atoms with van der Waals surface area (Å²) in [5, 5.41) is 3.48. The Hall–Kier alpha value is -2.20. The fourth-order valence-corrected chi connectivity index (χ4v) is 3.53. The molecule has 0 saturated carbocycles. The van der Waals surface area contributed by atoms with Gasteiger partial charge in [-0.3, -0.25) is 9.78 Å². The van der Waals surface area contributed by atoms with Crippen LogP contribution in [-0.2, 0) is 11.3 Å². The molecule has 1 N–H and O–H groups in total. The number of hydrogen-bond acceptors (Lipinski definition) is 3. The normalized spacial score (nSPS) is 18.5. The molecule has 1 saturated heterocycles. The minimum absolute atomic E-state index is 0.307. The smallest absolute Gasteiger partial charge is 0.222 e. The molecule has 1 amide bonds. The van der Waals surface area contributed by atoms with E-state index < -0.39 is 0 Å². The molecule has 0 unspecified atom stereocenters. The Labute approximate surface area is 150 Å². The van der Waals surface area contributed by atoms with E-state index in [4.69, 9.17) is 0 Å². The van der Waals surface area contributed by atoms with Crippen molar-refractivity contribution in [1.82, 2.24) is 15.2 Å². The average molecular weight is 337 g/mol. The van der Waals surface area contributed by atoms with Crippen LogP contribution in [-0.4, -0.2) is 34.9 Å². The van der Waals surface area contributed by atoms with Crippen LogP contribution in [0, 0.1) is 0 Å². The number of amides is 1. The number of aromatic nitrogens is 1. The van der Waals surface area contributed by atoms with Gasteiger partial charge in [0.1, 0.15) is 0 Å². The molecule has 4 heteroatoms. The van der Waals surface area contributed by atoms with Crippen LogP contribution in [0.25, 0.3) is 0 Å². The van der Waals surface area contributed by atoms with E-state index in [1.54, 1.807) is 0 Å². The van der Waals surface area contributed by atoms with Gasteiger partial charge in [-0.2, -0.15) is 0 Å². The third kappa shape index (κ3) is 4.89. The zero-order valence-electron chi connectivity index (χ0n) is 14.9. The van der Waals surface area contributed by atoms with Gasteiger partial charge in [0.05, 0.1) is 0 Å². The molecule has 1 aliphatic heterocycles. The molecule has 2 atom stereocenters. The Morgan fingerprint density at radius 2 is 1.96 bits per heavy atom. The number of rotatable bonds is 8. The molecular weight excluding hydrogens is 310 g/mol. The summed E-state index contributed by atoms with van der Waals surface area (Å²) in [7, 11) is 0. The lowest BCUT2D eigenvalue weighted by atomic mass is 10.00. The topological polar surface area (TPSA) is 45.2 Å². The van der Waals surface area contributed by atoms with Crippen LogP contribution in [0.4, 0.5) is 0 Å². The van der Waals surface area contributed by atoms with Crippen molar-refractivity contribution < 1.29 is 4.79 Å². The van der Waals surface area contributed by atoms with Crippen LogP contribution in [0.5, 0.6) is 0 Å². The molecule has 132 valence electrons. The quantitative estimate of drug-likeness (QED) is 0.751. The predicted molar refractivity (Wildman–Crippen MR) is 100 cm³/mol. The molecule has 2 aromatic rings. The van der Waals surface area contributed by atoms with Crippen molar-refractivity contribution in [3.63, 3.8) is 0 Å². The first-order valence-electron chi connectivity index (χ1n) is 9.18. The van der Waals surface area contributed by atoms with Crippen molar-refractivity contribution in [1.29, 1.82) is 0 Å². The van der Waals surface area contributed by atoms with Gasteiger partial charge in [-0.1, -0.05) is 37.3 Å². The lowest BCUT2D eigenvalue weighted by molar-refractivity contribution is -0.129. The molecule has 1 aliphatic rings. The van der Waals surface area contributed by atoms with Gasteiger partial charge in [0.25, 0.3) is 0 Å². The SMILES string of the molecule is C[C@@H](CN1C(=O)CC[C@H]1CCNCc1ccncc1)c1ccccc1. The lowest BCUT2D eigenvalue weighted by Crippen LogP contribution is -2.37. The molecule has 3 rings (SSSR count). The highest BCUT2D eigenvalue weighted by Crippen LogP contribution is 2.25. The molecule has 1 aromatic heterocycles. The Balaban J connectivity index is 1.48. The monoisotopic (exact) mass is 337 g/mol. The number of benzene rings is 1. The Morgan fingerprint density at radius 3 is 2.72 bits per heavy atom. The second-order valence-corrected chi connectivity index (χ2v) is 6.87. The van der Waals surface area contributed by atoms with Gasteiger partial charge < -0.3 is 10.2 Å². The van der Waals surface area contributed by atoms with Gasteiger partial charge >= 0.3 is 0 Å². The van der Waals surface area contributed by atoms with Gasteiger partial charge in [-0.15, -0.1) is 0 Å². The van der Waals surface area contributed by atoms with Gasteiger partial charge in [-0.25, -0.2) is 0 Å². The number of nitrogens with one attached hydrogen (secondary N) is 1. The second kappa shape index (κ2) is 8.77.